The molecule has 0 spiro atoms. The monoisotopic (exact) mass is 820 g/mol. The second-order valence-electron chi connectivity index (χ2n) is 12.2. The van der Waals surface area contributed by atoms with Crippen LogP contribution in [0.15, 0.2) is 109 Å². The van der Waals surface area contributed by atoms with Crippen molar-refractivity contribution in [1.82, 2.24) is 0 Å². The van der Waals surface area contributed by atoms with E-state index < -0.39 is 44.3 Å². The summed E-state index contributed by atoms with van der Waals surface area (Å²) in [5, 5.41) is 3.72. The Morgan fingerprint density at radius 3 is 1.14 bits per heavy atom. The van der Waals surface area contributed by atoms with E-state index >= 15 is 0 Å². The Morgan fingerprint density at radius 2 is 0.840 bits per heavy atom. The average Bonchev–Trinajstić information content (AvgIpc) is 3.71. The van der Waals surface area contributed by atoms with Gasteiger partial charge in [-0.05, 0) is 35.1 Å². The molecule has 0 aliphatic heterocycles. The van der Waals surface area contributed by atoms with Gasteiger partial charge in [-0.15, -0.1) is 69.1 Å². The molecule has 2 radical (unpaired) electrons. The van der Waals surface area contributed by atoms with Crippen molar-refractivity contribution in [2.24, 2.45) is 0 Å². The normalized spacial score (nSPS) is 11.4. The Hall–Kier alpha value is -2.64. The Morgan fingerprint density at radius 1 is 0.540 bits per heavy atom. The van der Waals surface area contributed by atoms with Gasteiger partial charge >= 0.3 is 50.2 Å². The van der Waals surface area contributed by atoms with Gasteiger partial charge in [-0.3, -0.25) is 0 Å². The predicted octanol–water partition coefficient (Wildman–Crippen LogP) is 14.9. The van der Waals surface area contributed by atoms with Crippen LogP contribution >= 0.6 is 17.0 Å². The van der Waals surface area contributed by atoms with Crippen molar-refractivity contribution in [3.05, 3.63) is 131 Å². The number of hydrogen-bond acceptors (Lipinski definition) is 0. The maximum absolute atomic E-state index is 13.3. The molecule has 0 amide bonds. The molecule has 0 aromatic heterocycles. The van der Waals surface area contributed by atoms with Crippen LogP contribution in [0.2, 0.25) is 13.1 Å². The molecule has 0 saturated carbocycles. The third-order valence-electron chi connectivity index (χ3n) is 7.92. The minimum absolute atomic E-state index is 0.238. The van der Waals surface area contributed by atoms with Gasteiger partial charge in [-0.2, -0.15) is 38.5 Å². The van der Waals surface area contributed by atoms with Crippen LogP contribution in [0.5, 0.6) is 0 Å². The number of alkyl halides is 6. The van der Waals surface area contributed by atoms with Gasteiger partial charge in [0.15, 0.2) is 0 Å². The van der Waals surface area contributed by atoms with Gasteiger partial charge in [0.1, 0.15) is 0 Å². The number of halogens is 8. The van der Waals surface area contributed by atoms with E-state index in [-0.39, 0.29) is 11.1 Å². The van der Waals surface area contributed by atoms with Crippen LogP contribution in [0.3, 0.4) is 0 Å². The molecule has 262 valence electrons. The van der Waals surface area contributed by atoms with Gasteiger partial charge in [0.25, 0.3) is 0 Å². The predicted molar refractivity (Wildman–Crippen MR) is 197 cm³/mol. The summed E-state index contributed by atoms with van der Waals surface area (Å²) in [7, 11) is 11.0. The summed E-state index contributed by atoms with van der Waals surface area (Å²) in [4.78, 5) is 0. The van der Waals surface area contributed by atoms with Crippen molar-refractivity contribution >= 4 is 48.1 Å². The van der Waals surface area contributed by atoms with Crippen LogP contribution in [0.25, 0.3) is 43.8 Å². The molecule has 0 saturated heterocycles. The number of rotatable bonds is 4. The Balaban J connectivity index is 0.000000234. The second kappa shape index (κ2) is 18.7. The van der Waals surface area contributed by atoms with E-state index in [0.29, 0.717) is 23.0 Å². The van der Waals surface area contributed by atoms with Crippen LogP contribution in [0, 0.1) is 0 Å². The van der Waals surface area contributed by atoms with Crippen molar-refractivity contribution in [1.29, 1.82) is 0 Å². The van der Waals surface area contributed by atoms with E-state index in [1.54, 1.807) is 36.4 Å². The van der Waals surface area contributed by atoms with Crippen molar-refractivity contribution in [3.63, 3.8) is 0 Å². The van der Waals surface area contributed by atoms with Gasteiger partial charge in [-0.1, -0.05) is 100 Å². The van der Waals surface area contributed by atoms with Crippen LogP contribution in [-0.2, 0) is 33.2 Å². The third kappa shape index (κ3) is 10.7. The van der Waals surface area contributed by atoms with Crippen molar-refractivity contribution < 1.29 is 47.2 Å². The summed E-state index contributed by atoms with van der Waals surface area (Å²) in [6.45, 7) is 12.6. The molecule has 0 N–H and O–H groups in total. The van der Waals surface area contributed by atoms with Crippen LogP contribution in [-0.4, -0.2) is 9.52 Å². The van der Waals surface area contributed by atoms with E-state index in [1.165, 1.54) is 12.1 Å². The molecule has 0 unspecified atom stereocenters. The fraction of sp³-hybridized carbons (Fsp3) is 0.250. The van der Waals surface area contributed by atoms with Gasteiger partial charge in [0.05, 0.1) is 11.1 Å². The Bertz CT molecular complexity index is 1810. The molecule has 0 atom stereocenters. The molecule has 0 fully saturated rings. The summed E-state index contributed by atoms with van der Waals surface area (Å²) in [5.74, 6) is 0.691. The summed E-state index contributed by atoms with van der Waals surface area (Å²) >= 11 is -0.826. The molecule has 0 nitrogen and oxygen atoms in total. The first-order chi connectivity index (χ1) is 23.6. The molecule has 10 heteroatoms. The van der Waals surface area contributed by atoms with Gasteiger partial charge in [0, 0.05) is 9.52 Å². The fourth-order valence-electron chi connectivity index (χ4n) is 5.58. The van der Waals surface area contributed by atoms with Crippen LogP contribution in [0.4, 0.5) is 26.3 Å². The first-order valence-corrected chi connectivity index (χ1v) is 24.2. The first kappa shape index (κ1) is 41.8. The second-order valence-corrected chi connectivity index (χ2v) is 16.9. The zero-order valence-corrected chi connectivity index (χ0v) is 33.5. The van der Waals surface area contributed by atoms with Crippen LogP contribution in [0.1, 0.15) is 61.8 Å². The standard InChI is InChI=1S/2C19H16F3.C2H6Si.2ClH.Zr/c2*1-12(2)14-10-13-6-5-8-15(17(13)11-14)16-7-3-4-9-18(16)19(20,21)22;1-3-2;;;/h2*3-12H,1-2H3;1-2H3;2*1H;/q2*-1;;;;+4/p-2. The van der Waals surface area contributed by atoms with Gasteiger partial charge in [-0.25, -0.2) is 0 Å². The third-order valence-corrected chi connectivity index (χ3v) is 7.92. The zero-order valence-electron chi connectivity index (χ0n) is 28.6. The van der Waals surface area contributed by atoms with Gasteiger partial charge in [0.2, 0.25) is 0 Å². The Labute approximate surface area is 312 Å². The summed E-state index contributed by atoms with van der Waals surface area (Å²) in [6, 6.07) is 30.7. The quantitative estimate of drug-likeness (QED) is 0.0944. The van der Waals surface area contributed by atoms with Crippen molar-refractivity contribution in [3.8, 4) is 22.3 Å². The minimum atomic E-state index is -4.35. The molecule has 6 rings (SSSR count). The topological polar surface area (TPSA) is 0 Å². The summed E-state index contributed by atoms with van der Waals surface area (Å²) < 4.78 is 79.6. The molecule has 0 heterocycles. The van der Waals surface area contributed by atoms with Crippen molar-refractivity contribution in [2.75, 3.05) is 0 Å². The van der Waals surface area contributed by atoms with Crippen LogP contribution < -0.4 is 0 Å². The summed E-state index contributed by atoms with van der Waals surface area (Å²) in [6.07, 6.45) is -8.71. The maximum atomic E-state index is 13.3. The average molecular weight is 823 g/mol. The molecule has 0 aliphatic carbocycles. The van der Waals surface area contributed by atoms with E-state index in [4.69, 9.17) is 17.0 Å². The van der Waals surface area contributed by atoms with Gasteiger partial charge < -0.3 is 0 Å². The fourth-order valence-corrected chi connectivity index (χ4v) is 5.58. The first-order valence-electron chi connectivity index (χ1n) is 15.9. The van der Waals surface area contributed by atoms with Crippen molar-refractivity contribution in [2.45, 2.75) is 65.0 Å². The molecule has 6 aromatic rings. The number of benzene rings is 4. The molecule has 6 aromatic carbocycles. The Kier molecular flexibility index (Phi) is 15.7. The zero-order chi connectivity index (χ0) is 37.2. The van der Waals surface area contributed by atoms with E-state index in [0.717, 1.165) is 54.3 Å². The summed E-state index contributed by atoms with van der Waals surface area (Å²) in [5.41, 5.74) is 2.86. The molecular formula is C40H38Cl2F6SiZr. The molecule has 50 heavy (non-hydrogen) atoms. The SMILES string of the molecule is CC(C)c1cc2c(-c3ccccc3C(F)(F)F)cccc2[cH-]1.CC(C)c1cc2c(-c3ccccc3C(F)(F)F)cccc2[cH-]1.C[Si]C.[Cl][Zr+2][Cl]. The molecular weight excluding hydrogens is 785 g/mol. The number of hydrogen-bond donors (Lipinski definition) is 0. The van der Waals surface area contributed by atoms with E-state index in [1.807, 2.05) is 36.4 Å². The number of fused-ring (bicyclic) bond motifs is 2. The molecule has 0 aliphatic rings. The van der Waals surface area contributed by atoms with E-state index in [9.17, 15) is 26.3 Å². The van der Waals surface area contributed by atoms with E-state index in [2.05, 4.69) is 52.9 Å². The molecule has 0 bridgehead atoms.